The van der Waals surface area contributed by atoms with Crippen LogP contribution in [0.2, 0.25) is 0 Å². The Kier molecular flexibility index (Phi) is 3.53. The summed E-state index contributed by atoms with van der Waals surface area (Å²) in [5.41, 5.74) is 0.0145. The Labute approximate surface area is 145 Å². The van der Waals surface area contributed by atoms with Crippen molar-refractivity contribution in [3.63, 3.8) is 0 Å². The highest BCUT2D eigenvalue weighted by atomic mass is 16.3. The first-order valence-corrected chi connectivity index (χ1v) is 9.53. The van der Waals surface area contributed by atoms with Gasteiger partial charge in [0, 0.05) is 5.41 Å². The molecule has 132 valence electrons. The number of rotatable bonds is 0. The van der Waals surface area contributed by atoms with Crippen LogP contribution < -0.4 is 0 Å². The summed E-state index contributed by atoms with van der Waals surface area (Å²) in [6.45, 7) is 4.47. The third-order valence-electron chi connectivity index (χ3n) is 8.49. The van der Waals surface area contributed by atoms with E-state index in [-0.39, 0.29) is 28.8 Å². The van der Waals surface area contributed by atoms with Crippen LogP contribution in [0.5, 0.6) is 0 Å². The molecule has 3 saturated carbocycles. The maximum absolute atomic E-state index is 11.0. The summed E-state index contributed by atoms with van der Waals surface area (Å²) in [6.07, 6.45) is 13.0. The van der Waals surface area contributed by atoms with Crippen LogP contribution in [0.3, 0.4) is 0 Å². The van der Waals surface area contributed by atoms with Gasteiger partial charge in [-0.05, 0) is 68.1 Å². The number of fused-ring (bicyclic) bond motifs is 5. The molecule has 8 atom stereocenters. The first-order valence-electron chi connectivity index (χ1n) is 9.53. The van der Waals surface area contributed by atoms with Crippen LogP contribution in [0.25, 0.3) is 0 Å². The fourth-order valence-corrected chi connectivity index (χ4v) is 6.88. The molecule has 24 heavy (non-hydrogen) atoms. The number of hydrogen-bond acceptors (Lipinski definition) is 3. The molecule has 4 aliphatic carbocycles. The Morgan fingerprint density at radius 1 is 1.08 bits per heavy atom. The average molecular weight is 330 g/mol. The Hall–Kier alpha value is -0.820. The lowest BCUT2D eigenvalue weighted by Crippen LogP contribution is -2.57. The molecule has 0 spiro atoms. The Balaban J connectivity index is 1.75. The van der Waals surface area contributed by atoms with Crippen LogP contribution in [-0.4, -0.2) is 33.1 Å². The van der Waals surface area contributed by atoms with Gasteiger partial charge in [-0.25, -0.2) is 0 Å². The van der Waals surface area contributed by atoms with Gasteiger partial charge in [-0.3, -0.25) is 0 Å². The van der Waals surface area contributed by atoms with E-state index < -0.39 is 11.7 Å². The molecule has 0 aromatic carbocycles. The SMILES string of the molecule is C#C[C@]1(O)CCC2C3C(CC[C@@]21C)[C@@]1(C)CC[C@H](O)CC1=C[C@H]3O. The van der Waals surface area contributed by atoms with Gasteiger partial charge in [0.2, 0.25) is 0 Å². The summed E-state index contributed by atoms with van der Waals surface area (Å²) < 4.78 is 0. The summed E-state index contributed by atoms with van der Waals surface area (Å²) in [5, 5.41) is 32.0. The fraction of sp³-hybridized carbons (Fsp3) is 0.810. The van der Waals surface area contributed by atoms with Gasteiger partial charge in [0.05, 0.1) is 12.2 Å². The minimum Gasteiger partial charge on any atom is -0.393 e. The smallest absolute Gasteiger partial charge is 0.130 e. The lowest BCUT2D eigenvalue weighted by Gasteiger charge is -2.59. The number of aliphatic hydroxyl groups is 3. The van der Waals surface area contributed by atoms with Crippen molar-refractivity contribution in [2.75, 3.05) is 0 Å². The molecule has 4 aliphatic rings. The van der Waals surface area contributed by atoms with Crippen LogP contribution in [0.4, 0.5) is 0 Å². The van der Waals surface area contributed by atoms with E-state index in [0.29, 0.717) is 18.8 Å². The monoisotopic (exact) mass is 330 g/mol. The molecule has 0 amide bonds. The fourth-order valence-electron chi connectivity index (χ4n) is 6.88. The van der Waals surface area contributed by atoms with E-state index >= 15 is 0 Å². The molecule has 3 nitrogen and oxygen atoms in total. The molecular formula is C21H30O3. The maximum atomic E-state index is 11.0. The molecule has 0 aromatic rings. The summed E-state index contributed by atoms with van der Waals surface area (Å²) in [6, 6.07) is 0. The number of hydrogen-bond donors (Lipinski definition) is 3. The molecular weight excluding hydrogens is 300 g/mol. The van der Waals surface area contributed by atoms with Crippen molar-refractivity contribution in [3.8, 4) is 12.3 Å². The average Bonchev–Trinajstić information content (AvgIpc) is 2.82. The largest absolute Gasteiger partial charge is 0.393 e. The maximum Gasteiger partial charge on any atom is 0.130 e. The minimum atomic E-state index is -1.03. The second kappa shape index (κ2) is 5.10. The molecule has 0 heterocycles. The Morgan fingerprint density at radius 2 is 1.79 bits per heavy atom. The van der Waals surface area contributed by atoms with Crippen LogP contribution in [0.1, 0.15) is 58.8 Å². The Bertz CT molecular complexity index is 619. The summed E-state index contributed by atoms with van der Waals surface area (Å²) in [4.78, 5) is 0. The van der Waals surface area contributed by atoms with E-state index in [1.165, 1.54) is 5.57 Å². The normalized spacial score (nSPS) is 56.5. The van der Waals surface area contributed by atoms with E-state index in [4.69, 9.17) is 6.42 Å². The lowest BCUT2D eigenvalue weighted by atomic mass is 9.46. The molecule has 0 bridgehead atoms. The van der Waals surface area contributed by atoms with E-state index in [2.05, 4.69) is 19.8 Å². The lowest BCUT2D eigenvalue weighted by molar-refractivity contribution is -0.123. The summed E-state index contributed by atoms with van der Waals surface area (Å²) in [7, 11) is 0. The van der Waals surface area contributed by atoms with Crippen LogP contribution >= 0.6 is 0 Å². The number of aliphatic hydroxyl groups excluding tert-OH is 2. The van der Waals surface area contributed by atoms with E-state index in [0.717, 1.165) is 32.1 Å². The molecule has 0 aromatic heterocycles. The van der Waals surface area contributed by atoms with E-state index in [1.54, 1.807) is 0 Å². The van der Waals surface area contributed by atoms with Crippen molar-refractivity contribution in [2.24, 2.45) is 28.6 Å². The van der Waals surface area contributed by atoms with Crippen molar-refractivity contribution >= 4 is 0 Å². The van der Waals surface area contributed by atoms with Gasteiger partial charge in [0.25, 0.3) is 0 Å². The predicted molar refractivity (Wildman–Crippen MR) is 92.9 cm³/mol. The van der Waals surface area contributed by atoms with Gasteiger partial charge >= 0.3 is 0 Å². The third kappa shape index (κ3) is 1.91. The van der Waals surface area contributed by atoms with Crippen molar-refractivity contribution in [1.82, 2.24) is 0 Å². The van der Waals surface area contributed by atoms with Crippen molar-refractivity contribution in [2.45, 2.75) is 76.6 Å². The van der Waals surface area contributed by atoms with Crippen LogP contribution in [0, 0.1) is 40.9 Å². The van der Waals surface area contributed by atoms with Gasteiger partial charge in [-0.1, -0.05) is 31.4 Å². The van der Waals surface area contributed by atoms with Gasteiger partial charge in [0.1, 0.15) is 5.60 Å². The second-order valence-electron chi connectivity index (χ2n) is 9.29. The van der Waals surface area contributed by atoms with Gasteiger partial charge in [-0.2, -0.15) is 0 Å². The molecule has 3 unspecified atom stereocenters. The summed E-state index contributed by atoms with van der Waals surface area (Å²) >= 11 is 0. The third-order valence-corrected chi connectivity index (χ3v) is 8.49. The zero-order chi connectivity index (χ0) is 17.3. The van der Waals surface area contributed by atoms with E-state index in [9.17, 15) is 15.3 Å². The molecule has 4 rings (SSSR count). The Morgan fingerprint density at radius 3 is 2.50 bits per heavy atom. The van der Waals surface area contributed by atoms with Gasteiger partial charge in [-0.15, -0.1) is 6.42 Å². The van der Waals surface area contributed by atoms with Crippen molar-refractivity contribution < 1.29 is 15.3 Å². The highest BCUT2D eigenvalue weighted by Crippen LogP contribution is 2.66. The molecule has 3 fully saturated rings. The highest BCUT2D eigenvalue weighted by Gasteiger charge is 2.64. The first kappa shape index (κ1) is 16.6. The van der Waals surface area contributed by atoms with E-state index in [1.807, 2.05) is 6.08 Å². The quantitative estimate of drug-likeness (QED) is 0.473. The first-order chi connectivity index (χ1) is 11.2. The van der Waals surface area contributed by atoms with Gasteiger partial charge in [0.15, 0.2) is 0 Å². The van der Waals surface area contributed by atoms with Crippen molar-refractivity contribution in [3.05, 3.63) is 11.6 Å². The van der Waals surface area contributed by atoms with Gasteiger partial charge < -0.3 is 15.3 Å². The van der Waals surface area contributed by atoms with Crippen LogP contribution in [0.15, 0.2) is 11.6 Å². The minimum absolute atomic E-state index is 0.0846. The predicted octanol–water partition coefficient (Wildman–Crippen LogP) is 2.65. The van der Waals surface area contributed by atoms with Crippen molar-refractivity contribution in [1.29, 1.82) is 0 Å². The summed E-state index contributed by atoms with van der Waals surface area (Å²) in [5.74, 6) is 3.56. The molecule has 0 aliphatic heterocycles. The molecule has 3 heteroatoms. The number of terminal acetylenes is 1. The topological polar surface area (TPSA) is 60.7 Å². The standard InChI is InChI=1S/C21H30O3/c1-4-21(24)10-7-16-18-15(6-9-20(16,21)3)19(2)8-5-14(22)11-13(19)12-17(18)23/h1,12,14-18,22-24H,5-11H2,2-3H3/t14-,15?,16?,17+,18?,19-,20-,21-/m0/s1. The molecule has 0 radical (unpaired) electrons. The molecule has 0 saturated heterocycles. The second-order valence-corrected chi connectivity index (χ2v) is 9.29. The highest BCUT2D eigenvalue weighted by molar-refractivity contribution is 5.30. The zero-order valence-electron chi connectivity index (χ0n) is 14.8. The van der Waals surface area contributed by atoms with Crippen LogP contribution in [-0.2, 0) is 0 Å². The zero-order valence-corrected chi connectivity index (χ0v) is 14.8. The molecule has 3 N–H and O–H groups in total.